The number of Topliss-reactive ketones (excluding diaryl/α,β-unsaturated/α-hetero) is 1. The van der Waals surface area contributed by atoms with Crippen molar-refractivity contribution in [1.29, 1.82) is 0 Å². The first-order valence-electron chi connectivity index (χ1n) is 6.09. The van der Waals surface area contributed by atoms with Gasteiger partial charge in [-0.1, -0.05) is 18.6 Å². The Morgan fingerprint density at radius 1 is 1.24 bits per heavy atom. The molecule has 0 radical (unpaired) electrons. The molecule has 3 heteroatoms. The van der Waals surface area contributed by atoms with Gasteiger partial charge in [-0.15, -0.1) is 0 Å². The van der Waals surface area contributed by atoms with Crippen molar-refractivity contribution in [3.8, 4) is 5.75 Å². The number of methoxy groups -OCH3 is 1. The van der Waals surface area contributed by atoms with Gasteiger partial charge >= 0.3 is 0 Å². The van der Waals surface area contributed by atoms with Crippen molar-refractivity contribution < 1.29 is 9.53 Å². The van der Waals surface area contributed by atoms with E-state index in [1.54, 1.807) is 7.11 Å². The maximum atomic E-state index is 12.2. The molecule has 2 rings (SSSR count). The Labute approximate surface area is 102 Å². The molecule has 0 bridgehead atoms. The summed E-state index contributed by atoms with van der Waals surface area (Å²) in [5.41, 5.74) is 0.565. The van der Waals surface area contributed by atoms with Gasteiger partial charge < -0.3 is 10.1 Å². The van der Waals surface area contributed by atoms with Crippen LogP contribution in [0.1, 0.15) is 31.2 Å². The van der Waals surface area contributed by atoms with Crippen molar-refractivity contribution in [2.45, 2.75) is 31.2 Å². The Morgan fingerprint density at radius 2 is 1.94 bits per heavy atom. The molecule has 1 aliphatic carbocycles. The molecule has 1 unspecified atom stereocenters. The minimum atomic E-state index is -0.482. The molecule has 0 amide bonds. The predicted molar refractivity (Wildman–Crippen MR) is 67.2 cm³/mol. The van der Waals surface area contributed by atoms with Crippen molar-refractivity contribution in [2.24, 2.45) is 0 Å². The lowest BCUT2D eigenvalue weighted by Crippen LogP contribution is -2.49. The molecular formula is C14H19NO2. The molecule has 17 heavy (non-hydrogen) atoms. The van der Waals surface area contributed by atoms with E-state index < -0.39 is 5.54 Å². The fourth-order valence-corrected chi connectivity index (χ4v) is 2.62. The second-order valence-electron chi connectivity index (χ2n) is 4.51. The molecule has 1 aromatic rings. The Hall–Kier alpha value is -1.35. The van der Waals surface area contributed by atoms with Crippen LogP contribution < -0.4 is 10.1 Å². The summed E-state index contributed by atoms with van der Waals surface area (Å²) in [6, 6.07) is 7.80. The molecule has 0 saturated heterocycles. The van der Waals surface area contributed by atoms with E-state index in [2.05, 4.69) is 5.32 Å². The van der Waals surface area contributed by atoms with Gasteiger partial charge in [-0.3, -0.25) is 4.79 Å². The summed E-state index contributed by atoms with van der Waals surface area (Å²) in [6.07, 6.45) is 3.67. The number of rotatable bonds is 3. The minimum Gasteiger partial charge on any atom is -0.497 e. The van der Waals surface area contributed by atoms with Crippen LogP contribution in [0.2, 0.25) is 0 Å². The van der Waals surface area contributed by atoms with Crippen molar-refractivity contribution in [3.05, 3.63) is 29.8 Å². The number of ether oxygens (including phenoxy) is 1. The number of ketones is 1. The second kappa shape index (κ2) is 4.88. The summed E-state index contributed by atoms with van der Waals surface area (Å²) < 4.78 is 5.14. The van der Waals surface area contributed by atoms with Crippen LogP contribution in [0.4, 0.5) is 0 Å². The Bertz CT molecular complexity index is 399. The third-order valence-corrected chi connectivity index (χ3v) is 3.69. The highest BCUT2D eigenvalue weighted by molar-refractivity contribution is 5.90. The zero-order valence-corrected chi connectivity index (χ0v) is 10.5. The molecule has 92 valence electrons. The zero-order valence-electron chi connectivity index (χ0n) is 10.5. The molecule has 3 nitrogen and oxygen atoms in total. The van der Waals surface area contributed by atoms with Crippen LogP contribution in [-0.4, -0.2) is 19.9 Å². The van der Waals surface area contributed by atoms with E-state index >= 15 is 0 Å². The van der Waals surface area contributed by atoms with Gasteiger partial charge in [0.2, 0.25) is 0 Å². The van der Waals surface area contributed by atoms with Crippen LogP contribution in [0.15, 0.2) is 24.3 Å². The Balaban J connectivity index is 2.35. The topological polar surface area (TPSA) is 38.3 Å². The summed E-state index contributed by atoms with van der Waals surface area (Å²) in [5.74, 6) is 1.12. The zero-order chi connectivity index (χ0) is 12.3. The number of likely N-dealkylation sites (N-methyl/N-ethyl adjacent to an activating group) is 1. The first kappa shape index (κ1) is 12.1. The molecule has 1 atom stereocenters. The molecule has 1 aliphatic rings. The quantitative estimate of drug-likeness (QED) is 0.870. The van der Waals surface area contributed by atoms with Crippen molar-refractivity contribution in [1.82, 2.24) is 5.32 Å². The van der Waals surface area contributed by atoms with Crippen LogP contribution in [-0.2, 0) is 10.3 Å². The van der Waals surface area contributed by atoms with Crippen LogP contribution in [0.25, 0.3) is 0 Å². The molecule has 1 N–H and O–H groups in total. The first-order valence-corrected chi connectivity index (χ1v) is 6.09. The number of carbonyl (C=O) groups excluding carboxylic acids is 1. The standard InChI is InChI=1S/C14H19NO2/c1-15-14(10-4-3-5-13(14)16)11-6-8-12(17-2)9-7-11/h6-9,15H,3-5,10H2,1-2H3. The number of carbonyl (C=O) groups is 1. The highest BCUT2D eigenvalue weighted by Crippen LogP contribution is 2.34. The Kier molecular flexibility index (Phi) is 3.48. The fraction of sp³-hybridized carbons (Fsp3) is 0.500. The minimum absolute atomic E-state index is 0.302. The van der Waals surface area contributed by atoms with Gasteiger partial charge in [0.1, 0.15) is 11.3 Å². The molecular weight excluding hydrogens is 214 g/mol. The van der Waals surface area contributed by atoms with Crippen LogP contribution >= 0.6 is 0 Å². The van der Waals surface area contributed by atoms with E-state index in [4.69, 9.17) is 4.74 Å². The van der Waals surface area contributed by atoms with E-state index in [0.717, 1.165) is 30.6 Å². The van der Waals surface area contributed by atoms with Crippen LogP contribution in [0, 0.1) is 0 Å². The van der Waals surface area contributed by atoms with Crippen molar-refractivity contribution >= 4 is 5.78 Å². The molecule has 1 saturated carbocycles. The highest BCUT2D eigenvalue weighted by Gasteiger charge is 2.39. The van der Waals surface area contributed by atoms with E-state index in [0.29, 0.717) is 12.2 Å². The summed E-state index contributed by atoms with van der Waals surface area (Å²) in [4.78, 5) is 12.2. The predicted octanol–water partition coefficient (Wildman–Crippen LogP) is 2.25. The maximum absolute atomic E-state index is 12.2. The molecule has 0 aliphatic heterocycles. The number of benzene rings is 1. The summed E-state index contributed by atoms with van der Waals surface area (Å²) >= 11 is 0. The normalized spacial score (nSPS) is 24.7. The van der Waals surface area contributed by atoms with E-state index in [9.17, 15) is 4.79 Å². The van der Waals surface area contributed by atoms with Crippen LogP contribution in [0.5, 0.6) is 5.75 Å². The summed E-state index contributed by atoms with van der Waals surface area (Å²) in [7, 11) is 3.52. The van der Waals surface area contributed by atoms with E-state index in [1.165, 1.54) is 0 Å². The monoisotopic (exact) mass is 233 g/mol. The fourth-order valence-electron chi connectivity index (χ4n) is 2.62. The SMILES string of the molecule is CNC1(c2ccc(OC)cc2)CCCCC1=O. The van der Waals surface area contributed by atoms with E-state index in [1.807, 2.05) is 31.3 Å². The first-order chi connectivity index (χ1) is 8.23. The van der Waals surface area contributed by atoms with Gasteiger partial charge in [0.15, 0.2) is 5.78 Å². The van der Waals surface area contributed by atoms with Gasteiger partial charge in [0.05, 0.1) is 7.11 Å². The van der Waals surface area contributed by atoms with Gasteiger partial charge in [-0.05, 0) is 37.6 Å². The van der Waals surface area contributed by atoms with Gasteiger partial charge in [0, 0.05) is 6.42 Å². The van der Waals surface area contributed by atoms with Crippen molar-refractivity contribution in [2.75, 3.05) is 14.2 Å². The molecule has 1 aromatic carbocycles. The third-order valence-electron chi connectivity index (χ3n) is 3.69. The number of nitrogens with one attached hydrogen (secondary N) is 1. The third kappa shape index (κ3) is 2.07. The maximum Gasteiger partial charge on any atom is 0.157 e. The summed E-state index contributed by atoms with van der Waals surface area (Å²) in [6.45, 7) is 0. The Morgan fingerprint density at radius 3 is 2.47 bits per heavy atom. The number of hydrogen-bond acceptors (Lipinski definition) is 3. The van der Waals surface area contributed by atoms with Gasteiger partial charge in [0.25, 0.3) is 0 Å². The van der Waals surface area contributed by atoms with E-state index in [-0.39, 0.29) is 0 Å². The lowest BCUT2D eigenvalue weighted by atomic mass is 9.75. The molecule has 0 heterocycles. The lowest BCUT2D eigenvalue weighted by molar-refractivity contribution is -0.127. The van der Waals surface area contributed by atoms with Gasteiger partial charge in [-0.25, -0.2) is 0 Å². The largest absolute Gasteiger partial charge is 0.497 e. The molecule has 0 aromatic heterocycles. The highest BCUT2D eigenvalue weighted by atomic mass is 16.5. The molecule has 0 spiro atoms. The van der Waals surface area contributed by atoms with Gasteiger partial charge in [-0.2, -0.15) is 0 Å². The lowest BCUT2D eigenvalue weighted by Gasteiger charge is -2.36. The second-order valence-corrected chi connectivity index (χ2v) is 4.51. The van der Waals surface area contributed by atoms with Crippen molar-refractivity contribution in [3.63, 3.8) is 0 Å². The summed E-state index contributed by atoms with van der Waals surface area (Å²) in [5, 5.41) is 3.23. The van der Waals surface area contributed by atoms with Crippen LogP contribution in [0.3, 0.4) is 0 Å². The average molecular weight is 233 g/mol. The number of hydrogen-bond donors (Lipinski definition) is 1. The molecule has 1 fully saturated rings. The average Bonchev–Trinajstić information content (AvgIpc) is 2.40. The smallest absolute Gasteiger partial charge is 0.157 e.